The van der Waals surface area contributed by atoms with E-state index in [0.717, 1.165) is 43.5 Å². The maximum atomic E-state index is 6.17. The molecule has 0 aromatic heterocycles. The van der Waals surface area contributed by atoms with Gasteiger partial charge in [0.25, 0.3) is 0 Å². The highest BCUT2D eigenvalue weighted by Crippen LogP contribution is 2.39. The number of hydrogen-bond donors (Lipinski definition) is 1. The van der Waals surface area contributed by atoms with Gasteiger partial charge in [0.2, 0.25) is 6.79 Å². The zero-order valence-corrected chi connectivity index (χ0v) is 12.6. The molecule has 1 aromatic rings. The van der Waals surface area contributed by atoms with Crippen LogP contribution < -0.4 is 14.8 Å². The lowest BCUT2D eigenvalue weighted by molar-refractivity contribution is 0.174. The van der Waals surface area contributed by atoms with Gasteiger partial charge in [0.1, 0.15) is 0 Å². The molecule has 4 nitrogen and oxygen atoms in total. The molecular weight excluding hydrogens is 276 g/mol. The predicted octanol–water partition coefficient (Wildman–Crippen LogP) is 2.64. The third kappa shape index (κ3) is 3.19. The van der Waals surface area contributed by atoms with Crippen LogP contribution in [0.5, 0.6) is 11.5 Å². The first-order valence-electron chi connectivity index (χ1n) is 7.30. The van der Waals surface area contributed by atoms with E-state index in [1.165, 1.54) is 12.8 Å². The van der Waals surface area contributed by atoms with E-state index in [2.05, 4.69) is 17.1 Å². The summed E-state index contributed by atoms with van der Waals surface area (Å²) < 4.78 is 10.7. The number of likely N-dealkylation sites (N-methyl/N-ethyl adjacent to an activating group) is 1. The van der Waals surface area contributed by atoms with Gasteiger partial charge in [-0.2, -0.15) is 0 Å². The van der Waals surface area contributed by atoms with Crippen LogP contribution in [0, 0.1) is 0 Å². The average molecular weight is 297 g/mol. The lowest BCUT2D eigenvalue weighted by atomic mass is 10.2. The Balaban J connectivity index is 1.47. The first-order chi connectivity index (χ1) is 9.78. The van der Waals surface area contributed by atoms with Crippen molar-refractivity contribution in [3.05, 3.63) is 22.7 Å². The Kier molecular flexibility index (Phi) is 4.34. The molecule has 0 spiro atoms. The molecule has 110 valence electrons. The summed E-state index contributed by atoms with van der Waals surface area (Å²) in [7, 11) is 0. The van der Waals surface area contributed by atoms with E-state index < -0.39 is 0 Å². The number of nitrogens with one attached hydrogen (secondary N) is 1. The second-order valence-corrected chi connectivity index (χ2v) is 5.76. The Hall–Kier alpha value is -0.970. The first kappa shape index (κ1) is 14.0. The van der Waals surface area contributed by atoms with E-state index in [9.17, 15) is 0 Å². The Labute approximate surface area is 125 Å². The number of benzene rings is 1. The van der Waals surface area contributed by atoms with E-state index in [4.69, 9.17) is 21.1 Å². The molecule has 20 heavy (non-hydrogen) atoms. The van der Waals surface area contributed by atoms with E-state index in [0.29, 0.717) is 10.8 Å². The quantitative estimate of drug-likeness (QED) is 0.784. The SMILES string of the molecule is CCN(CCNCc1cc(Cl)c2c(c1)OCO2)C1CC1. The van der Waals surface area contributed by atoms with Crippen LogP contribution in [0.4, 0.5) is 0 Å². The number of nitrogens with zero attached hydrogens (tertiary/aromatic N) is 1. The van der Waals surface area contributed by atoms with Gasteiger partial charge < -0.3 is 14.8 Å². The van der Waals surface area contributed by atoms with Crippen molar-refractivity contribution in [2.45, 2.75) is 32.4 Å². The van der Waals surface area contributed by atoms with Crippen LogP contribution in [0.2, 0.25) is 5.02 Å². The molecular formula is C15H21ClN2O2. The van der Waals surface area contributed by atoms with Crippen LogP contribution >= 0.6 is 11.6 Å². The molecule has 2 aliphatic rings. The number of rotatable bonds is 7. The summed E-state index contributed by atoms with van der Waals surface area (Å²) in [6, 6.07) is 4.78. The van der Waals surface area contributed by atoms with Crippen molar-refractivity contribution in [3.63, 3.8) is 0 Å². The predicted molar refractivity (Wildman–Crippen MR) is 79.6 cm³/mol. The molecule has 1 heterocycles. The van der Waals surface area contributed by atoms with Crippen molar-refractivity contribution in [1.29, 1.82) is 0 Å². The van der Waals surface area contributed by atoms with Gasteiger partial charge in [0.05, 0.1) is 5.02 Å². The highest BCUT2D eigenvalue weighted by Gasteiger charge is 2.27. The number of halogens is 1. The van der Waals surface area contributed by atoms with Gasteiger partial charge in [0.15, 0.2) is 11.5 Å². The van der Waals surface area contributed by atoms with E-state index in [-0.39, 0.29) is 6.79 Å². The molecule has 0 bridgehead atoms. The van der Waals surface area contributed by atoms with Gasteiger partial charge in [-0.3, -0.25) is 4.90 Å². The van der Waals surface area contributed by atoms with Gasteiger partial charge in [-0.05, 0) is 37.1 Å². The van der Waals surface area contributed by atoms with Gasteiger partial charge >= 0.3 is 0 Å². The van der Waals surface area contributed by atoms with Gasteiger partial charge in [0, 0.05) is 25.7 Å². The molecule has 0 unspecified atom stereocenters. The summed E-state index contributed by atoms with van der Waals surface area (Å²) in [5.41, 5.74) is 1.13. The fourth-order valence-electron chi connectivity index (χ4n) is 2.62. The van der Waals surface area contributed by atoms with Crippen molar-refractivity contribution in [1.82, 2.24) is 10.2 Å². The number of ether oxygens (including phenoxy) is 2. The van der Waals surface area contributed by atoms with Crippen LogP contribution in [0.1, 0.15) is 25.3 Å². The van der Waals surface area contributed by atoms with Crippen LogP contribution in [0.15, 0.2) is 12.1 Å². The summed E-state index contributed by atoms with van der Waals surface area (Å²) in [6.07, 6.45) is 2.73. The minimum absolute atomic E-state index is 0.263. The standard InChI is InChI=1S/C15H21ClN2O2/c1-2-18(12-3-4-12)6-5-17-9-11-7-13(16)15-14(8-11)19-10-20-15/h7-8,12,17H,2-6,9-10H2,1H3. The third-order valence-corrected chi connectivity index (χ3v) is 4.14. The average Bonchev–Trinajstić information content (AvgIpc) is 3.16. The summed E-state index contributed by atoms with van der Waals surface area (Å²) in [5, 5.41) is 4.10. The van der Waals surface area contributed by atoms with E-state index >= 15 is 0 Å². The minimum Gasteiger partial charge on any atom is -0.454 e. The summed E-state index contributed by atoms with van der Waals surface area (Å²) >= 11 is 6.17. The Morgan fingerprint density at radius 1 is 1.35 bits per heavy atom. The van der Waals surface area contributed by atoms with Crippen LogP contribution in [0.3, 0.4) is 0 Å². The lowest BCUT2D eigenvalue weighted by Gasteiger charge is -2.19. The summed E-state index contributed by atoms with van der Waals surface area (Å²) in [6.45, 7) is 6.55. The molecule has 3 rings (SSSR count). The van der Waals surface area contributed by atoms with Crippen LogP contribution in [0.25, 0.3) is 0 Å². The zero-order valence-electron chi connectivity index (χ0n) is 11.8. The molecule has 1 aliphatic heterocycles. The lowest BCUT2D eigenvalue weighted by Crippen LogP contribution is -2.33. The highest BCUT2D eigenvalue weighted by atomic mass is 35.5. The Morgan fingerprint density at radius 2 is 2.20 bits per heavy atom. The van der Waals surface area contributed by atoms with Crippen molar-refractivity contribution in [2.75, 3.05) is 26.4 Å². The van der Waals surface area contributed by atoms with E-state index in [1.54, 1.807) is 0 Å². The van der Waals surface area contributed by atoms with E-state index in [1.807, 2.05) is 12.1 Å². The highest BCUT2D eigenvalue weighted by molar-refractivity contribution is 6.32. The second-order valence-electron chi connectivity index (χ2n) is 5.35. The molecule has 5 heteroatoms. The Morgan fingerprint density at radius 3 is 2.95 bits per heavy atom. The Bertz CT molecular complexity index is 477. The largest absolute Gasteiger partial charge is 0.454 e. The van der Waals surface area contributed by atoms with Crippen molar-refractivity contribution >= 4 is 11.6 Å². The maximum Gasteiger partial charge on any atom is 0.231 e. The molecule has 1 aromatic carbocycles. The summed E-state index contributed by atoms with van der Waals surface area (Å²) in [4.78, 5) is 2.54. The molecule has 1 N–H and O–H groups in total. The first-order valence-corrected chi connectivity index (χ1v) is 7.68. The molecule has 0 saturated heterocycles. The zero-order chi connectivity index (χ0) is 13.9. The minimum atomic E-state index is 0.263. The number of hydrogen-bond acceptors (Lipinski definition) is 4. The molecule has 0 radical (unpaired) electrons. The second kappa shape index (κ2) is 6.20. The molecule has 1 fully saturated rings. The van der Waals surface area contributed by atoms with Crippen LogP contribution in [-0.2, 0) is 6.54 Å². The fourth-order valence-corrected chi connectivity index (χ4v) is 2.90. The van der Waals surface area contributed by atoms with Gasteiger partial charge in [-0.25, -0.2) is 0 Å². The fraction of sp³-hybridized carbons (Fsp3) is 0.600. The van der Waals surface area contributed by atoms with Crippen molar-refractivity contribution in [2.24, 2.45) is 0 Å². The topological polar surface area (TPSA) is 33.7 Å². The molecule has 0 atom stereocenters. The van der Waals surface area contributed by atoms with Crippen molar-refractivity contribution < 1.29 is 9.47 Å². The third-order valence-electron chi connectivity index (χ3n) is 3.86. The summed E-state index contributed by atoms with van der Waals surface area (Å²) in [5.74, 6) is 1.42. The maximum absolute atomic E-state index is 6.17. The van der Waals surface area contributed by atoms with Crippen LogP contribution in [-0.4, -0.2) is 37.4 Å². The normalized spacial score (nSPS) is 16.9. The monoisotopic (exact) mass is 296 g/mol. The van der Waals surface area contributed by atoms with Gasteiger partial charge in [-0.15, -0.1) is 0 Å². The molecule has 1 aliphatic carbocycles. The molecule has 0 amide bonds. The van der Waals surface area contributed by atoms with Gasteiger partial charge in [-0.1, -0.05) is 18.5 Å². The number of fused-ring (bicyclic) bond motifs is 1. The smallest absolute Gasteiger partial charge is 0.231 e. The molecule has 1 saturated carbocycles. The van der Waals surface area contributed by atoms with Crippen molar-refractivity contribution in [3.8, 4) is 11.5 Å².